The highest BCUT2D eigenvalue weighted by molar-refractivity contribution is 7.25. The molecule has 0 fully saturated rings. The lowest BCUT2D eigenvalue weighted by molar-refractivity contribution is 0.769. The number of fused-ring (bicyclic) bond motifs is 9. The fourth-order valence-electron chi connectivity index (χ4n) is 9.29. The molecule has 11 aromatic rings. The van der Waals surface area contributed by atoms with Crippen molar-refractivity contribution < 1.29 is 0 Å². The van der Waals surface area contributed by atoms with E-state index in [2.05, 4.69) is 180 Å². The second-order valence-corrected chi connectivity index (χ2v) is 15.8. The molecule has 12 rings (SSSR count). The standard InChI is InChI=1S/C52H32N4S/c1-4-16-33(17-5-1)49-53-50(34-28-29-40-39-24-12-15-27-47(39)57-48(40)30-34)55-51(54-49)56-45-26-14-11-23-38(45)42-31-41-37-22-10-13-25-43(37)52(44(41)32-46(42)56,35-18-6-2-7-19-35)36-20-8-3-9-21-36/h1-32H. The lowest BCUT2D eigenvalue weighted by atomic mass is 9.67. The van der Waals surface area contributed by atoms with Crippen LogP contribution in [0.15, 0.2) is 194 Å². The monoisotopic (exact) mass is 744 g/mol. The Bertz CT molecular complexity index is 3310. The molecule has 0 radical (unpaired) electrons. The van der Waals surface area contributed by atoms with Gasteiger partial charge in [0, 0.05) is 42.1 Å². The molecule has 57 heavy (non-hydrogen) atoms. The minimum absolute atomic E-state index is 0.539. The summed E-state index contributed by atoms with van der Waals surface area (Å²) in [5, 5.41) is 4.83. The molecule has 1 aliphatic carbocycles. The Morgan fingerprint density at radius 3 is 1.77 bits per heavy atom. The zero-order valence-corrected chi connectivity index (χ0v) is 31.5. The van der Waals surface area contributed by atoms with Crippen LogP contribution in [0, 0.1) is 0 Å². The molecule has 8 aromatic carbocycles. The van der Waals surface area contributed by atoms with E-state index in [1.807, 2.05) is 18.2 Å². The van der Waals surface area contributed by atoms with Crippen molar-refractivity contribution in [3.05, 3.63) is 216 Å². The highest BCUT2D eigenvalue weighted by Crippen LogP contribution is 2.57. The number of hydrogen-bond donors (Lipinski definition) is 0. The van der Waals surface area contributed by atoms with E-state index in [9.17, 15) is 0 Å². The first-order chi connectivity index (χ1) is 28.3. The molecule has 0 amide bonds. The highest BCUT2D eigenvalue weighted by atomic mass is 32.1. The van der Waals surface area contributed by atoms with Crippen molar-refractivity contribution in [1.82, 2.24) is 19.5 Å². The predicted octanol–water partition coefficient (Wildman–Crippen LogP) is 13.0. The van der Waals surface area contributed by atoms with Gasteiger partial charge in [-0.15, -0.1) is 11.3 Å². The van der Waals surface area contributed by atoms with E-state index in [4.69, 9.17) is 15.0 Å². The van der Waals surface area contributed by atoms with Crippen LogP contribution in [0.5, 0.6) is 0 Å². The molecular formula is C52H32N4S. The van der Waals surface area contributed by atoms with Crippen LogP contribution in [0.25, 0.3) is 81.8 Å². The molecule has 3 aromatic heterocycles. The Morgan fingerprint density at radius 1 is 0.386 bits per heavy atom. The summed E-state index contributed by atoms with van der Waals surface area (Å²) in [6.07, 6.45) is 0. The van der Waals surface area contributed by atoms with Crippen molar-refractivity contribution in [1.29, 1.82) is 0 Å². The first-order valence-electron chi connectivity index (χ1n) is 19.3. The van der Waals surface area contributed by atoms with E-state index < -0.39 is 5.41 Å². The lowest BCUT2D eigenvalue weighted by Gasteiger charge is -2.34. The number of nitrogens with zero attached hydrogens (tertiary/aromatic N) is 4. The maximum atomic E-state index is 5.36. The smallest absolute Gasteiger partial charge is 0.238 e. The van der Waals surface area contributed by atoms with E-state index in [1.54, 1.807) is 11.3 Å². The van der Waals surface area contributed by atoms with Crippen molar-refractivity contribution in [3.8, 4) is 39.9 Å². The number of benzene rings is 8. The Labute approximate surface area is 333 Å². The minimum atomic E-state index is -0.539. The van der Waals surface area contributed by atoms with Crippen LogP contribution in [0.1, 0.15) is 22.3 Å². The van der Waals surface area contributed by atoms with Gasteiger partial charge in [0.25, 0.3) is 0 Å². The van der Waals surface area contributed by atoms with Gasteiger partial charge in [-0.1, -0.05) is 164 Å². The van der Waals surface area contributed by atoms with Gasteiger partial charge in [-0.2, -0.15) is 9.97 Å². The largest absolute Gasteiger partial charge is 0.278 e. The molecule has 0 unspecified atom stereocenters. The molecule has 5 heteroatoms. The van der Waals surface area contributed by atoms with E-state index in [0.717, 1.165) is 32.9 Å². The average molecular weight is 745 g/mol. The van der Waals surface area contributed by atoms with Crippen molar-refractivity contribution in [3.63, 3.8) is 0 Å². The molecule has 0 aliphatic heterocycles. The molecule has 1 aliphatic rings. The fourth-order valence-corrected chi connectivity index (χ4v) is 10.4. The SMILES string of the molecule is c1ccc(-c2nc(-c3ccc4c(c3)sc3ccccc34)nc(-n3c4ccccc4c4cc5c(cc43)C(c3ccccc3)(c3ccccc3)c3ccccc3-5)n2)cc1. The van der Waals surface area contributed by atoms with Crippen LogP contribution >= 0.6 is 11.3 Å². The van der Waals surface area contributed by atoms with Gasteiger partial charge in [-0.3, -0.25) is 4.57 Å². The molecular weight excluding hydrogens is 713 g/mol. The first kappa shape index (κ1) is 32.1. The van der Waals surface area contributed by atoms with Crippen molar-refractivity contribution >= 4 is 53.3 Å². The number of rotatable bonds is 5. The van der Waals surface area contributed by atoms with Gasteiger partial charge >= 0.3 is 0 Å². The molecule has 0 N–H and O–H groups in total. The second-order valence-electron chi connectivity index (χ2n) is 14.8. The van der Waals surface area contributed by atoms with Gasteiger partial charge in [0.05, 0.1) is 16.4 Å². The third-order valence-corrected chi connectivity index (χ3v) is 12.9. The Balaban J connectivity index is 1.17. The molecule has 3 heterocycles. The zero-order valence-electron chi connectivity index (χ0n) is 30.7. The van der Waals surface area contributed by atoms with Crippen LogP contribution in [-0.4, -0.2) is 19.5 Å². The van der Waals surface area contributed by atoms with Crippen molar-refractivity contribution in [2.75, 3.05) is 0 Å². The third-order valence-electron chi connectivity index (χ3n) is 11.7. The van der Waals surface area contributed by atoms with Gasteiger partial charge in [0.2, 0.25) is 5.95 Å². The number of thiophene rings is 1. The van der Waals surface area contributed by atoms with Crippen LogP contribution in [0.3, 0.4) is 0 Å². The van der Waals surface area contributed by atoms with E-state index in [-0.39, 0.29) is 0 Å². The summed E-state index contributed by atoms with van der Waals surface area (Å²) >= 11 is 1.80. The summed E-state index contributed by atoms with van der Waals surface area (Å²) in [4.78, 5) is 15.8. The summed E-state index contributed by atoms with van der Waals surface area (Å²) in [6.45, 7) is 0. The molecule has 0 saturated carbocycles. The van der Waals surface area contributed by atoms with Crippen molar-refractivity contribution in [2.24, 2.45) is 0 Å². The number of hydrogen-bond acceptors (Lipinski definition) is 4. The van der Waals surface area contributed by atoms with E-state index in [1.165, 1.54) is 53.6 Å². The van der Waals surface area contributed by atoms with Gasteiger partial charge in [0.15, 0.2) is 11.6 Å². The van der Waals surface area contributed by atoms with Crippen LogP contribution in [0.2, 0.25) is 0 Å². The maximum Gasteiger partial charge on any atom is 0.238 e. The van der Waals surface area contributed by atoms with E-state index >= 15 is 0 Å². The summed E-state index contributed by atoms with van der Waals surface area (Å²) in [6, 6.07) is 69.8. The summed E-state index contributed by atoms with van der Waals surface area (Å²) in [7, 11) is 0. The fraction of sp³-hybridized carbons (Fsp3) is 0.0192. The Hall–Kier alpha value is -7.21. The highest BCUT2D eigenvalue weighted by Gasteiger charge is 2.46. The number of aromatic nitrogens is 4. The molecule has 0 bridgehead atoms. The Morgan fingerprint density at radius 2 is 1.00 bits per heavy atom. The van der Waals surface area contributed by atoms with Gasteiger partial charge < -0.3 is 0 Å². The van der Waals surface area contributed by atoms with Crippen LogP contribution < -0.4 is 0 Å². The Kier molecular flexibility index (Phi) is 6.98. The molecule has 0 atom stereocenters. The zero-order chi connectivity index (χ0) is 37.5. The van der Waals surface area contributed by atoms with Gasteiger partial charge in [0.1, 0.15) is 0 Å². The van der Waals surface area contributed by atoms with Gasteiger partial charge in [-0.25, -0.2) is 4.98 Å². The summed E-state index contributed by atoms with van der Waals surface area (Å²) in [5.41, 5.74) is 10.9. The molecule has 266 valence electrons. The average Bonchev–Trinajstić information content (AvgIpc) is 3.92. The van der Waals surface area contributed by atoms with Gasteiger partial charge in [-0.05, 0) is 63.7 Å². The lowest BCUT2D eigenvalue weighted by Crippen LogP contribution is -2.28. The molecule has 0 saturated heterocycles. The predicted molar refractivity (Wildman–Crippen MR) is 235 cm³/mol. The van der Waals surface area contributed by atoms with E-state index in [0.29, 0.717) is 17.6 Å². The molecule has 0 spiro atoms. The second kappa shape index (κ2) is 12.4. The van der Waals surface area contributed by atoms with Crippen LogP contribution in [0.4, 0.5) is 0 Å². The quantitative estimate of drug-likeness (QED) is 0.176. The van der Waals surface area contributed by atoms with Crippen LogP contribution in [-0.2, 0) is 5.41 Å². The first-order valence-corrected chi connectivity index (χ1v) is 20.1. The van der Waals surface area contributed by atoms with Crippen molar-refractivity contribution in [2.45, 2.75) is 5.41 Å². The third kappa shape index (κ3) is 4.70. The molecule has 4 nitrogen and oxygen atoms in total. The number of para-hydroxylation sites is 1. The summed E-state index contributed by atoms with van der Waals surface area (Å²) < 4.78 is 4.74. The minimum Gasteiger partial charge on any atom is -0.278 e. The maximum absolute atomic E-state index is 5.36. The normalized spacial score (nSPS) is 13.1. The summed E-state index contributed by atoms with van der Waals surface area (Å²) in [5.74, 6) is 1.86. The topological polar surface area (TPSA) is 43.6 Å².